The predicted molar refractivity (Wildman–Crippen MR) is 72.3 cm³/mol. The third-order valence-corrected chi connectivity index (χ3v) is 2.96. The van der Waals surface area contributed by atoms with E-state index in [1.54, 1.807) is 18.2 Å². The lowest BCUT2D eigenvalue weighted by Crippen LogP contribution is -1.94. The van der Waals surface area contributed by atoms with E-state index in [2.05, 4.69) is 24.0 Å². The van der Waals surface area contributed by atoms with Gasteiger partial charge in [-0.15, -0.1) is 0 Å². The molecule has 0 aliphatic carbocycles. The SMILES string of the molecule is CC(C)CCc1noc(-c2cc(N)ccc2Cl)n1. The number of nitrogen functional groups attached to an aromatic ring is 1. The average Bonchev–Trinajstić information content (AvgIpc) is 2.78. The normalized spacial score (nSPS) is 11.1. The van der Waals surface area contributed by atoms with Crippen LogP contribution in [0.15, 0.2) is 22.7 Å². The van der Waals surface area contributed by atoms with Crippen LogP contribution in [-0.2, 0) is 6.42 Å². The minimum atomic E-state index is 0.422. The van der Waals surface area contributed by atoms with Gasteiger partial charge in [0.15, 0.2) is 5.82 Å². The largest absolute Gasteiger partial charge is 0.399 e. The Morgan fingerprint density at radius 2 is 2.17 bits per heavy atom. The summed E-state index contributed by atoms with van der Waals surface area (Å²) in [7, 11) is 0. The van der Waals surface area contributed by atoms with E-state index >= 15 is 0 Å². The van der Waals surface area contributed by atoms with Crippen LogP contribution in [-0.4, -0.2) is 10.1 Å². The molecule has 0 radical (unpaired) electrons. The van der Waals surface area contributed by atoms with Crippen LogP contribution in [0.5, 0.6) is 0 Å². The smallest absolute Gasteiger partial charge is 0.259 e. The van der Waals surface area contributed by atoms with Crippen LogP contribution in [0.1, 0.15) is 26.1 Å². The number of nitrogens with zero attached hydrogens (tertiary/aromatic N) is 2. The highest BCUT2D eigenvalue weighted by atomic mass is 35.5. The van der Waals surface area contributed by atoms with Gasteiger partial charge in [0, 0.05) is 12.1 Å². The number of benzene rings is 1. The Balaban J connectivity index is 2.21. The van der Waals surface area contributed by atoms with Crippen LogP contribution >= 0.6 is 11.6 Å². The highest BCUT2D eigenvalue weighted by Crippen LogP contribution is 2.28. The van der Waals surface area contributed by atoms with Crippen molar-refractivity contribution < 1.29 is 4.52 Å². The van der Waals surface area contributed by atoms with E-state index in [1.807, 2.05) is 0 Å². The summed E-state index contributed by atoms with van der Waals surface area (Å²) in [5.74, 6) is 1.74. The fourth-order valence-corrected chi connectivity index (χ4v) is 1.79. The molecule has 2 rings (SSSR count). The summed E-state index contributed by atoms with van der Waals surface area (Å²) in [4.78, 5) is 4.34. The second-order valence-electron chi connectivity index (χ2n) is 4.69. The average molecular weight is 266 g/mol. The van der Waals surface area contributed by atoms with Gasteiger partial charge < -0.3 is 10.3 Å². The summed E-state index contributed by atoms with van der Waals surface area (Å²) >= 11 is 6.08. The van der Waals surface area contributed by atoms with Crippen molar-refractivity contribution >= 4 is 17.3 Å². The highest BCUT2D eigenvalue weighted by Gasteiger charge is 2.12. The fraction of sp³-hybridized carbons (Fsp3) is 0.385. The van der Waals surface area contributed by atoms with Crippen LogP contribution in [0.3, 0.4) is 0 Å². The third kappa shape index (κ3) is 3.01. The van der Waals surface area contributed by atoms with E-state index < -0.39 is 0 Å². The van der Waals surface area contributed by atoms with Crippen LogP contribution in [0.2, 0.25) is 5.02 Å². The van der Waals surface area contributed by atoms with Gasteiger partial charge in [-0.2, -0.15) is 4.98 Å². The maximum atomic E-state index is 6.08. The second-order valence-corrected chi connectivity index (χ2v) is 5.09. The zero-order valence-electron chi connectivity index (χ0n) is 10.5. The summed E-state index contributed by atoms with van der Waals surface area (Å²) in [5.41, 5.74) is 7.02. The van der Waals surface area contributed by atoms with Crippen LogP contribution in [0, 0.1) is 5.92 Å². The van der Waals surface area contributed by atoms with Crippen LogP contribution in [0.4, 0.5) is 5.69 Å². The summed E-state index contributed by atoms with van der Waals surface area (Å²) in [6.07, 6.45) is 1.84. The van der Waals surface area contributed by atoms with E-state index in [0.29, 0.717) is 33.9 Å². The van der Waals surface area contributed by atoms with Crippen molar-refractivity contribution in [2.24, 2.45) is 5.92 Å². The molecule has 0 aliphatic rings. The lowest BCUT2D eigenvalue weighted by atomic mass is 10.1. The first-order valence-corrected chi connectivity index (χ1v) is 6.32. The first-order valence-electron chi connectivity index (χ1n) is 5.94. The Labute approximate surface area is 111 Å². The van der Waals surface area contributed by atoms with Gasteiger partial charge in [-0.3, -0.25) is 0 Å². The minimum Gasteiger partial charge on any atom is -0.399 e. The summed E-state index contributed by atoms with van der Waals surface area (Å²) in [6, 6.07) is 5.20. The van der Waals surface area contributed by atoms with Gasteiger partial charge in [-0.05, 0) is 30.5 Å². The van der Waals surface area contributed by atoms with Gasteiger partial charge in [-0.1, -0.05) is 30.6 Å². The standard InChI is InChI=1S/C13H16ClN3O/c1-8(2)3-6-12-16-13(18-17-12)10-7-9(15)4-5-11(10)14/h4-5,7-8H,3,6,15H2,1-2H3. The number of hydrogen-bond acceptors (Lipinski definition) is 4. The molecule has 0 spiro atoms. The molecule has 1 aromatic heterocycles. The molecule has 0 amide bonds. The van der Waals surface area contributed by atoms with Crippen LogP contribution < -0.4 is 5.73 Å². The lowest BCUT2D eigenvalue weighted by molar-refractivity contribution is 0.419. The molecule has 5 heteroatoms. The molecule has 0 saturated carbocycles. The van der Waals surface area contributed by atoms with Gasteiger partial charge in [0.25, 0.3) is 5.89 Å². The number of aryl methyl sites for hydroxylation is 1. The van der Waals surface area contributed by atoms with Gasteiger partial charge in [0.05, 0.1) is 10.6 Å². The van der Waals surface area contributed by atoms with E-state index in [1.165, 1.54) is 0 Å². The second kappa shape index (κ2) is 5.40. The van der Waals surface area contributed by atoms with Crippen molar-refractivity contribution in [2.75, 3.05) is 5.73 Å². The van der Waals surface area contributed by atoms with E-state index in [4.69, 9.17) is 21.9 Å². The Bertz CT molecular complexity index is 537. The Kier molecular flexibility index (Phi) is 3.87. The molecule has 2 N–H and O–H groups in total. The number of anilines is 1. The molecular formula is C13H16ClN3O. The first-order chi connectivity index (χ1) is 8.56. The van der Waals surface area contributed by atoms with Crippen LogP contribution in [0.25, 0.3) is 11.5 Å². The molecule has 1 aromatic carbocycles. The molecule has 4 nitrogen and oxygen atoms in total. The third-order valence-electron chi connectivity index (χ3n) is 2.63. The van der Waals surface area contributed by atoms with Crippen molar-refractivity contribution in [1.29, 1.82) is 0 Å². The fourth-order valence-electron chi connectivity index (χ4n) is 1.59. The molecule has 0 atom stereocenters. The van der Waals surface area contributed by atoms with E-state index in [-0.39, 0.29) is 0 Å². The maximum Gasteiger partial charge on any atom is 0.259 e. The van der Waals surface area contributed by atoms with Crippen molar-refractivity contribution in [3.05, 3.63) is 29.0 Å². The quantitative estimate of drug-likeness (QED) is 0.859. The summed E-state index contributed by atoms with van der Waals surface area (Å²) < 4.78 is 5.22. The Morgan fingerprint density at radius 1 is 1.39 bits per heavy atom. The lowest BCUT2D eigenvalue weighted by Gasteiger charge is -2.00. The van der Waals surface area contributed by atoms with Gasteiger partial charge in [-0.25, -0.2) is 0 Å². The van der Waals surface area contributed by atoms with Gasteiger partial charge in [0.2, 0.25) is 0 Å². The van der Waals surface area contributed by atoms with Crippen molar-refractivity contribution in [1.82, 2.24) is 10.1 Å². The molecular weight excluding hydrogens is 250 g/mol. The molecule has 0 saturated heterocycles. The van der Waals surface area contributed by atoms with Crippen molar-refractivity contribution in [3.8, 4) is 11.5 Å². The highest BCUT2D eigenvalue weighted by molar-refractivity contribution is 6.33. The molecule has 0 aliphatic heterocycles. The number of aromatic nitrogens is 2. The molecule has 0 unspecified atom stereocenters. The zero-order valence-corrected chi connectivity index (χ0v) is 11.2. The van der Waals surface area contributed by atoms with Gasteiger partial charge in [0.1, 0.15) is 0 Å². The summed E-state index contributed by atoms with van der Waals surface area (Å²) in [5, 5.41) is 4.51. The molecule has 96 valence electrons. The molecule has 2 aromatic rings. The topological polar surface area (TPSA) is 64.9 Å². The maximum absolute atomic E-state index is 6.08. The minimum absolute atomic E-state index is 0.422. The molecule has 1 heterocycles. The Morgan fingerprint density at radius 3 is 2.89 bits per heavy atom. The molecule has 0 bridgehead atoms. The summed E-state index contributed by atoms with van der Waals surface area (Å²) in [6.45, 7) is 4.32. The first kappa shape index (κ1) is 12.9. The van der Waals surface area contributed by atoms with Crippen molar-refractivity contribution in [3.63, 3.8) is 0 Å². The number of halogens is 1. The number of rotatable bonds is 4. The van der Waals surface area contributed by atoms with E-state index in [9.17, 15) is 0 Å². The van der Waals surface area contributed by atoms with Crippen molar-refractivity contribution in [2.45, 2.75) is 26.7 Å². The molecule has 18 heavy (non-hydrogen) atoms. The van der Waals surface area contributed by atoms with E-state index in [0.717, 1.165) is 12.8 Å². The van der Waals surface area contributed by atoms with Gasteiger partial charge >= 0.3 is 0 Å². The predicted octanol–water partition coefficient (Wildman–Crippen LogP) is 3.56. The number of hydrogen-bond donors (Lipinski definition) is 1. The number of nitrogens with two attached hydrogens (primary N) is 1. The monoisotopic (exact) mass is 265 g/mol. The molecule has 0 fully saturated rings. The Hall–Kier alpha value is -1.55. The zero-order chi connectivity index (χ0) is 13.1.